The van der Waals surface area contributed by atoms with E-state index >= 15 is 0 Å². The second kappa shape index (κ2) is 4.70. The van der Waals surface area contributed by atoms with Gasteiger partial charge >= 0.3 is 0 Å². The standard InChI is InChI=1S/C16H19N3O/c17-14(10-5-6-10)9-15-18-16(19-20-15)13-7-11-3-1-2-4-12(11)8-13/h1-4,10,13-14H,5-9,17H2. The van der Waals surface area contributed by atoms with Crippen molar-refractivity contribution in [1.29, 1.82) is 0 Å². The largest absolute Gasteiger partial charge is 0.339 e. The molecule has 0 aliphatic heterocycles. The van der Waals surface area contributed by atoms with Gasteiger partial charge in [-0.15, -0.1) is 0 Å². The number of aromatic nitrogens is 2. The highest BCUT2D eigenvalue weighted by atomic mass is 16.5. The van der Waals surface area contributed by atoms with Gasteiger partial charge in [0.15, 0.2) is 5.82 Å². The highest BCUT2D eigenvalue weighted by molar-refractivity contribution is 5.34. The highest BCUT2D eigenvalue weighted by Crippen LogP contribution is 2.34. The molecule has 0 radical (unpaired) electrons. The molecule has 0 bridgehead atoms. The number of nitrogens with two attached hydrogens (primary N) is 1. The minimum Gasteiger partial charge on any atom is -0.339 e. The zero-order valence-electron chi connectivity index (χ0n) is 11.5. The molecule has 1 heterocycles. The summed E-state index contributed by atoms with van der Waals surface area (Å²) in [7, 11) is 0. The second-order valence-electron chi connectivity index (χ2n) is 6.13. The van der Waals surface area contributed by atoms with Crippen LogP contribution in [0.25, 0.3) is 0 Å². The van der Waals surface area contributed by atoms with Crippen LogP contribution in [0.15, 0.2) is 28.8 Å². The summed E-state index contributed by atoms with van der Waals surface area (Å²) in [6, 6.07) is 8.76. The maximum absolute atomic E-state index is 6.11. The summed E-state index contributed by atoms with van der Waals surface area (Å²) in [6.45, 7) is 0. The zero-order chi connectivity index (χ0) is 13.5. The fourth-order valence-electron chi connectivity index (χ4n) is 3.15. The van der Waals surface area contributed by atoms with Crippen LogP contribution >= 0.6 is 0 Å². The molecule has 1 unspecified atom stereocenters. The van der Waals surface area contributed by atoms with Gasteiger partial charge in [0.05, 0.1) is 0 Å². The van der Waals surface area contributed by atoms with Crippen LogP contribution in [0, 0.1) is 5.92 Å². The molecule has 2 aliphatic rings. The summed E-state index contributed by atoms with van der Waals surface area (Å²) < 4.78 is 5.38. The molecule has 4 rings (SSSR count). The van der Waals surface area contributed by atoms with E-state index in [9.17, 15) is 0 Å². The van der Waals surface area contributed by atoms with Crippen LogP contribution in [0.1, 0.15) is 41.6 Å². The SMILES string of the molecule is NC(Cc1nc(C2Cc3ccccc3C2)no1)C1CC1. The van der Waals surface area contributed by atoms with Crippen LogP contribution in [0.5, 0.6) is 0 Å². The van der Waals surface area contributed by atoms with Gasteiger partial charge in [-0.3, -0.25) is 0 Å². The molecular formula is C16H19N3O. The van der Waals surface area contributed by atoms with E-state index in [0.29, 0.717) is 17.7 Å². The predicted molar refractivity (Wildman–Crippen MR) is 75.3 cm³/mol. The molecule has 4 nitrogen and oxygen atoms in total. The van der Waals surface area contributed by atoms with Gasteiger partial charge in [0.25, 0.3) is 0 Å². The normalized spacial score (nSPS) is 20.1. The summed E-state index contributed by atoms with van der Waals surface area (Å²) in [5.41, 5.74) is 8.95. The first-order valence-corrected chi connectivity index (χ1v) is 7.44. The molecule has 0 spiro atoms. The van der Waals surface area contributed by atoms with Gasteiger partial charge < -0.3 is 10.3 Å². The lowest BCUT2D eigenvalue weighted by atomic mass is 10.1. The Bertz CT molecular complexity index is 593. The van der Waals surface area contributed by atoms with Crippen molar-refractivity contribution in [2.24, 2.45) is 11.7 Å². The Morgan fingerprint density at radius 2 is 1.90 bits per heavy atom. The quantitative estimate of drug-likeness (QED) is 0.924. The Morgan fingerprint density at radius 1 is 1.20 bits per heavy atom. The van der Waals surface area contributed by atoms with Gasteiger partial charge in [0.2, 0.25) is 5.89 Å². The molecule has 104 valence electrons. The summed E-state index contributed by atoms with van der Waals surface area (Å²) in [4.78, 5) is 4.57. The zero-order valence-corrected chi connectivity index (χ0v) is 11.5. The topological polar surface area (TPSA) is 64.9 Å². The van der Waals surface area contributed by atoms with E-state index in [4.69, 9.17) is 10.3 Å². The van der Waals surface area contributed by atoms with Gasteiger partial charge in [-0.25, -0.2) is 0 Å². The van der Waals surface area contributed by atoms with Crippen LogP contribution in [-0.4, -0.2) is 16.2 Å². The first kappa shape index (κ1) is 12.1. The Labute approximate surface area is 118 Å². The van der Waals surface area contributed by atoms with E-state index in [1.165, 1.54) is 24.0 Å². The Balaban J connectivity index is 1.46. The molecule has 1 aromatic carbocycles. The molecule has 0 saturated heterocycles. The molecule has 1 aromatic heterocycles. The molecule has 2 aliphatic carbocycles. The molecule has 4 heteroatoms. The number of hydrogen-bond donors (Lipinski definition) is 1. The van der Waals surface area contributed by atoms with Crippen molar-refractivity contribution < 1.29 is 4.52 Å². The van der Waals surface area contributed by atoms with Gasteiger partial charge in [0.1, 0.15) is 0 Å². The van der Waals surface area contributed by atoms with Crippen LogP contribution in [0.2, 0.25) is 0 Å². The maximum atomic E-state index is 6.11. The third-order valence-corrected chi connectivity index (χ3v) is 4.54. The maximum Gasteiger partial charge on any atom is 0.228 e. The lowest BCUT2D eigenvalue weighted by Crippen LogP contribution is -2.25. The van der Waals surface area contributed by atoms with E-state index < -0.39 is 0 Å². The molecular weight excluding hydrogens is 250 g/mol. The van der Waals surface area contributed by atoms with Crippen molar-refractivity contribution in [3.63, 3.8) is 0 Å². The fourth-order valence-corrected chi connectivity index (χ4v) is 3.15. The van der Waals surface area contributed by atoms with Gasteiger partial charge in [-0.05, 0) is 42.7 Å². The monoisotopic (exact) mass is 269 g/mol. The van der Waals surface area contributed by atoms with E-state index in [2.05, 4.69) is 34.4 Å². The Kier molecular flexibility index (Phi) is 2.84. The van der Waals surface area contributed by atoms with Crippen molar-refractivity contribution in [3.05, 3.63) is 47.1 Å². The number of rotatable bonds is 4. The first-order chi connectivity index (χ1) is 9.79. The van der Waals surface area contributed by atoms with Crippen molar-refractivity contribution in [2.75, 3.05) is 0 Å². The lowest BCUT2D eigenvalue weighted by molar-refractivity contribution is 0.356. The highest BCUT2D eigenvalue weighted by Gasteiger charge is 2.31. The minimum atomic E-state index is 0.184. The Hall–Kier alpha value is -1.68. The first-order valence-electron chi connectivity index (χ1n) is 7.44. The van der Waals surface area contributed by atoms with Crippen LogP contribution in [0.3, 0.4) is 0 Å². The minimum absolute atomic E-state index is 0.184. The number of benzene rings is 1. The predicted octanol–water partition coefficient (Wildman–Crippen LogP) is 2.23. The van der Waals surface area contributed by atoms with Gasteiger partial charge in [-0.2, -0.15) is 4.98 Å². The van der Waals surface area contributed by atoms with Gasteiger partial charge in [-0.1, -0.05) is 29.4 Å². The molecule has 1 atom stereocenters. The van der Waals surface area contributed by atoms with Crippen molar-refractivity contribution >= 4 is 0 Å². The van der Waals surface area contributed by atoms with Crippen molar-refractivity contribution in [1.82, 2.24) is 10.1 Å². The molecule has 2 N–H and O–H groups in total. The summed E-state index contributed by atoms with van der Waals surface area (Å²) in [5.74, 6) is 2.58. The number of nitrogens with zero attached hydrogens (tertiary/aromatic N) is 2. The number of fused-ring (bicyclic) bond motifs is 1. The summed E-state index contributed by atoms with van der Waals surface area (Å²) in [6.07, 6.45) is 5.26. The third-order valence-electron chi connectivity index (χ3n) is 4.54. The van der Waals surface area contributed by atoms with E-state index in [1.54, 1.807) is 0 Å². The summed E-state index contributed by atoms with van der Waals surface area (Å²) in [5, 5.41) is 4.17. The van der Waals surface area contributed by atoms with E-state index in [0.717, 1.165) is 25.1 Å². The smallest absolute Gasteiger partial charge is 0.228 e. The van der Waals surface area contributed by atoms with E-state index in [-0.39, 0.29) is 6.04 Å². The number of hydrogen-bond acceptors (Lipinski definition) is 4. The average molecular weight is 269 g/mol. The van der Waals surface area contributed by atoms with Gasteiger partial charge in [0, 0.05) is 18.4 Å². The van der Waals surface area contributed by atoms with Crippen molar-refractivity contribution in [2.45, 2.75) is 44.1 Å². The molecule has 1 saturated carbocycles. The second-order valence-corrected chi connectivity index (χ2v) is 6.13. The third kappa shape index (κ3) is 2.24. The molecule has 20 heavy (non-hydrogen) atoms. The fraction of sp³-hybridized carbons (Fsp3) is 0.500. The van der Waals surface area contributed by atoms with Crippen LogP contribution in [-0.2, 0) is 19.3 Å². The average Bonchev–Trinajstić information content (AvgIpc) is 3.06. The lowest BCUT2D eigenvalue weighted by Gasteiger charge is -2.05. The Morgan fingerprint density at radius 3 is 2.55 bits per heavy atom. The van der Waals surface area contributed by atoms with E-state index in [1.807, 2.05) is 0 Å². The molecule has 1 fully saturated rings. The van der Waals surface area contributed by atoms with Crippen LogP contribution in [0.4, 0.5) is 0 Å². The van der Waals surface area contributed by atoms with Crippen molar-refractivity contribution in [3.8, 4) is 0 Å². The molecule has 2 aromatic rings. The summed E-state index contributed by atoms with van der Waals surface area (Å²) >= 11 is 0. The molecule has 0 amide bonds. The van der Waals surface area contributed by atoms with Crippen LogP contribution < -0.4 is 5.73 Å².